The van der Waals surface area contributed by atoms with Gasteiger partial charge in [0, 0.05) is 10.0 Å². The Balaban J connectivity index is 1.50. The SMILES string of the molecule is O=C1[C@@H](c2ccccc2)C(=O)[C@@H]2[C@@H]1[C@@H](C(=O)c1ccc(Br)cc1)N1N=Cc3ccccc3[C@@H]21. The van der Waals surface area contributed by atoms with Gasteiger partial charge >= 0.3 is 0 Å². The molecule has 0 N–H and O–H groups in total. The van der Waals surface area contributed by atoms with E-state index in [1.165, 1.54) is 0 Å². The quantitative estimate of drug-likeness (QED) is 0.391. The maximum atomic E-state index is 13.8. The normalized spacial score (nSPS) is 27.3. The third kappa shape index (κ3) is 2.97. The average Bonchev–Trinajstić information content (AvgIpc) is 3.32. The molecule has 2 heterocycles. The Hall–Kier alpha value is -3.38. The lowest BCUT2D eigenvalue weighted by Gasteiger charge is -2.33. The van der Waals surface area contributed by atoms with Gasteiger partial charge in [-0.3, -0.25) is 19.4 Å². The van der Waals surface area contributed by atoms with Crippen LogP contribution in [0.4, 0.5) is 0 Å². The largest absolute Gasteiger partial charge is 0.298 e. The molecule has 2 fully saturated rings. The average molecular weight is 499 g/mol. The molecule has 3 aliphatic rings. The number of benzene rings is 3. The van der Waals surface area contributed by atoms with E-state index in [1.54, 1.807) is 35.5 Å². The second-order valence-electron chi connectivity index (χ2n) is 8.71. The number of ketones is 3. The summed E-state index contributed by atoms with van der Waals surface area (Å²) in [5.41, 5.74) is 3.04. The number of hydrogen-bond acceptors (Lipinski definition) is 5. The maximum absolute atomic E-state index is 13.8. The summed E-state index contributed by atoms with van der Waals surface area (Å²) in [4.78, 5) is 41.4. The van der Waals surface area contributed by atoms with Gasteiger partial charge in [-0.25, -0.2) is 0 Å². The Morgan fingerprint density at radius 2 is 1.48 bits per heavy atom. The molecule has 162 valence electrons. The molecule has 3 aromatic rings. The standard InChI is InChI=1S/C27H19BrN2O3/c28-18-12-10-16(11-13-18)25(31)24-22-21(23-19-9-5-4-8-17(19)14-29-30(23)24)26(32)20(27(22)33)15-6-2-1-3-7-15/h1-14,20-24H/t20-,21+,22+,23-,24-/m0/s1. The molecule has 1 aliphatic carbocycles. The summed E-state index contributed by atoms with van der Waals surface area (Å²) >= 11 is 3.40. The van der Waals surface area contributed by atoms with Gasteiger partial charge in [-0.05, 0) is 28.8 Å². The third-order valence-electron chi connectivity index (χ3n) is 7.04. The van der Waals surface area contributed by atoms with Crippen molar-refractivity contribution in [3.8, 4) is 0 Å². The molecule has 3 aromatic carbocycles. The Morgan fingerprint density at radius 3 is 2.24 bits per heavy atom. The first-order chi connectivity index (χ1) is 16.1. The van der Waals surface area contributed by atoms with E-state index < -0.39 is 29.8 Å². The molecule has 0 spiro atoms. The summed E-state index contributed by atoms with van der Waals surface area (Å²) in [6, 6.07) is 22.8. The van der Waals surface area contributed by atoms with Crippen molar-refractivity contribution in [1.29, 1.82) is 0 Å². The zero-order valence-electron chi connectivity index (χ0n) is 17.5. The van der Waals surface area contributed by atoms with Gasteiger partial charge in [0.05, 0.1) is 24.1 Å². The van der Waals surface area contributed by atoms with Crippen LogP contribution in [-0.2, 0) is 9.59 Å². The Labute approximate surface area is 199 Å². The maximum Gasteiger partial charge on any atom is 0.187 e. The Kier molecular flexibility index (Phi) is 4.66. The predicted octanol–water partition coefficient (Wildman–Crippen LogP) is 4.57. The molecule has 1 saturated heterocycles. The fourth-order valence-corrected chi connectivity index (χ4v) is 5.90. The Bertz CT molecular complexity index is 1320. The lowest BCUT2D eigenvalue weighted by molar-refractivity contribution is -0.126. The second kappa shape index (κ2) is 7.59. The zero-order valence-corrected chi connectivity index (χ0v) is 19.1. The molecule has 0 radical (unpaired) electrons. The molecule has 6 heteroatoms. The van der Waals surface area contributed by atoms with Gasteiger partial charge in [-0.15, -0.1) is 0 Å². The minimum atomic E-state index is -0.846. The van der Waals surface area contributed by atoms with E-state index in [9.17, 15) is 14.4 Å². The van der Waals surface area contributed by atoms with Gasteiger partial charge in [-0.2, -0.15) is 5.10 Å². The van der Waals surface area contributed by atoms with E-state index in [1.807, 2.05) is 54.6 Å². The van der Waals surface area contributed by atoms with Crippen molar-refractivity contribution in [3.63, 3.8) is 0 Å². The summed E-state index contributed by atoms with van der Waals surface area (Å²) in [7, 11) is 0. The molecule has 0 bridgehead atoms. The summed E-state index contributed by atoms with van der Waals surface area (Å²) < 4.78 is 0.863. The fraction of sp³-hybridized carbons (Fsp3) is 0.185. The monoisotopic (exact) mass is 498 g/mol. The minimum absolute atomic E-state index is 0.121. The van der Waals surface area contributed by atoms with Gasteiger partial charge in [0.2, 0.25) is 0 Å². The highest BCUT2D eigenvalue weighted by molar-refractivity contribution is 9.10. The summed E-state index contributed by atoms with van der Waals surface area (Å²) in [5, 5.41) is 6.31. The van der Waals surface area contributed by atoms with Crippen LogP contribution in [0.3, 0.4) is 0 Å². The lowest BCUT2D eigenvalue weighted by Crippen LogP contribution is -2.41. The Morgan fingerprint density at radius 1 is 0.818 bits per heavy atom. The molecule has 5 nitrogen and oxygen atoms in total. The van der Waals surface area contributed by atoms with Gasteiger partial charge in [-0.1, -0.05) is 82.7 Å². The molecule has 0 aromatic heterocycles. The number of hydrogen-bond donors (Lipinski definition) is 0. The molecule has 6 rings (SSSR count). The van der Waals surface area contributed by atoms with Crippen molar-refractivity contribution >= 4 is 39.5 Å². The van der Waals surface area contributed by atoms with Crippen LogP contribution in [-0.4, -0.2) is 34.6 Å². The number of carbonyl (C=O) groups excluding carboxylic acids is 3. The van der Waals surface area contributed by atoms with Crippen LogP contribution in [0, 0.1) is 11.8 Å². The van der Waals surface area contributed by atoms with Crippen LogP contribution in [0.25, 0.3) is 0 Å². The highest BCUT2D eigenvalue weighted by Crippen LogP contribution is 2.55. The van der Waals surface area contributed by atoms with Crippen molar-refractivity contribution in [2.45, 2.75) is 18.0 Å². The summed E-state index contributed by atoms with van der Waals surface area (Å²) in [6.07, 6.45) is 1.72. The molecular formula is C27H19BrN2O3. The number of rotatable bonds is 3. The number of nitrogens with zero attached hydrogens (tertiary/aromatic N) is 2. The molecule has 33 heavy (non-hydrogen) atoms. The van der Waals surface area contributed by atoms with E-state index in [0.29, 0.717) is 11.1 Å². The first-order valence-electron chi connectivity index (χ1n) is 10.9. The molecular weight excluding hydrogens is 480 g/mol. The van der Waals surface area contributed by atoms with Crippen LogP contribution < -0.4 is 0 Å². The number of fused-ring (bicyclic) bond motifs is 5. The van der Waals surface area contributed by atoms with Crippen molar-refractivity contribution in [1.82, 2.24) is 5.01 Å². The van der Waals surface area contributed by atoms with Crippen LogP contribution in [0.2, 0.25) is 0 Å². The highest BCUT2D eigenvalue weighted by atomic mass is 79.9. The van der Waals surface area contributed by atoms with E-state index in [-0.39, 0.29) is 17.3 Å². The van der Waals surface area contributed by atoms with E-state index in [4.69, 9.17) is 0 Å². The van der Waals surface area contributed by atoms with Crippen LogP contribution >= 0.6 is 15.9 Å². The molecule has 2 aliphatic heterocycles. The van der Waals surface area contributed by atoms with Crippen molar-refractivity contribution in [3.05, 3.63) is 106 Å². The molecule has 1 saturated carbocycles. The smallest absolute Gasteiger partial charge is 0.187 e. The summed E-state index contributed by atoms with van der Waals surface area (Å²) in [6.45, 7) is 0. The predicted molar refractivity (Wildman–Crippen MR) is 127 cm³/mol. The van der Waals surface area contributed by atoms with Crippen LogP contribution in [0.15, 0.2) is 88.4 Å². The van der Waals surface area contributed by atoms with E-state index in [0.717, 1.165) is 15.6 Å². The zero-order chi connectivity index (χ0) is 22.7. The van der Waals surface area contributed by atoms with E-state index >= 15 is 0 Å². The van der Waals surface area contributed by atoms with Crippen LogP contribution in [0.1, 0.15) is 39.0 Å². The first kappa shape index (κ1) is 20.2. The molecule has 5 atom stereocenters. The van der Waals surface area contributed by atoms with Gasteiger partial charge in [0.25, 0.3) is 0 Å². The number of carbonyl (C=O) groups is 3. The van der Waals surface area contributed by atoms with Gasteiger partial charge < -0.3 is 0 Å². The molecule has 0 unspecified atom stereocenters. The van der Waals surface area contributed by atoms with Crippen molar-refractivity contribution in [2.24, 2.45) is 16.9 Å². The van der Waals surface area contributed by atoms with Crippen molar-refractivity contribution < 1.29 is 14.4 Å². The van der Waals surface area contributed by atoms with Crippen LogP contribution in [0.5, 0.6) is 0 Å². The minimum Gasteiger partial charge on any atom is -0.298 e. The topological polar surface area (TPSA) is 66.8 Å². The summed E-state index contributed by atoms with van der Waals surface area (Å²) in [5.74, 6) is -2.70. The number of halogens is 1. The number of Topliss-reactive ketones (excluding diaryl/α,β-unsaturated/α-hetero) is 3. The first-order valence-corrected chi connectivity index (χ1v) is 11.7. The highest BCUT2D eigenvalue weighted by Gasteiger charge is 2.65. The van der Waals surface area contributed by atoms with Gasteiger partial charge in [0.1, 0.15) is 12.0 Å². The second-order valence-corrected chi connectivity index (χ2v) is 9.63. The van der Waals surface area contributed by atoms with Crippen molar-refractivity contribution in [2.75, 3.05) is 0 Å². The van der Waals surface area contributed by atoms with E-state index in [2.05, 4.69) is 21.0 Å². The fourth-order valence-electron chi connectivity index (χ4n) is 5.63. The van der Waals surface area contributed by atoms with Gasteiger partial charge in [0.15, 0.2) is 17.3 Å². The lowest BCUT2D eigenvalue weighted by atomic mass is 9.83. The third-order valence-corrected chi connectivity index (χ3v) is 7.57. The molecule has 0 amide bonds. The number of hydrazone groups is 1.